The van der Waals surface area contributed by atoms with Crippen molar-refractivity contribution in [1.29, 1.82) is 0 Å². The van der Waals surface area contributed by atoms with Gasteiger partial charge < -0.3 is 15.2 Å². The highest BCUT2D eigenvalue weighted by atomic mass is 35.5. The molecule has 0 unspecified atom stereocenters. The van der Waals surface area contributed by atoms with Crippen molar-refractivity contribution < 1.29 is 9.59 Å². The molecule has 22 heavy (non-hydrogen) atoms. The number of piperidine rings is 1. The summed E-state index contributed by atoms with van der Waals surface area (Å²) in [6, 6.07) is 4.61. The van der Waals surface area contributed by atoms with E-state index in [4.69, 9.17) is 11.6 Å². The van der Waals surface area contributed by atoms with E-state index in [1.807, 2.05) is 6.07 Å². The first-order valence-corrected chi connectivity index (χ1v) is 7.39. The van der Waals surface area contributed by atoms with Crippen molar-refractivity contribution in [2.45, 2.75) is 18.9 Å². The quantitative estimate of drug-likeness (QED) is 0.908. The average Bonchev–Trinajstić information content (AvgIpc) is 2.97. The van der Waals surface area contributed by atoms with Gasteiger partial charge in [0.25, 0.3) is 5.91 Å². The summed E-state index contributed by atoms with van der Waals surface area (Å²) in [6.45, 7) is 0.630. The topological polar surface area (TPSA) is 78.1 Å². The molecular weight excluding hydrogens is 304 g/mol. The normalized spacial score (nSPS) is 18.3. The molecule has 3 heterocycles. The molecule has 0 aromatic carbocycles. The van der Waals surface area contributed by atoms with Gasteiger partial charge in [-0.1, -0.05) is 11.6 Å². The zero-order valence-corrected chi connectivity index (χ0v) is 12.5. The largest absolute Gasteiger partial charge is 0.356 e. The van der Waals surface area contributed by atoms with Crippen LogP contribution in [0.3, 0.4) is 0 Å². The Kier molecular flexibility index (Phi) is 4.11. The Bertz CT molecular complexity index is 686. The van der Waals surface area contributed by atoms with Crippen LogP contribution in [0.2, 0.25) is 5.02 Å². The van der Waals surface area contributed by atoms with E-state index in [9.17, 15) is 9.59 Å². The first-order valence-electron chi connectivity index (χ1n) is 7.01. The van der Waals surface area contributed by atoms with Gasteiger partial charge in [0.1, 0.15) is 11.7 Å². The fraction of sp³-hybridized carbons (Fsp3) is 0.267. The minimum Gasteiger partial charge on any atom is -0.356 e. The molecule has 0 bridgehead atoms. The minimum absolute atomic E-state index is 0.120. The van der Waals surface area contributed by atoms with E-state index in [0.717, 1.165) is 12.1 Å². The maximum atomic E-state index is 12.5. The van der Waals surface area contributed by atoms with E-state index in [1.54, 1.807) is 23.4 Å². The molecule has 3 rings (SSSR count). The van der Waals surface area contributed by atoms with Gasteiger partial charge in [0.05, 0.1) is 16.9 Å². The van der Waals surface area contributed by atoms with Crippen molar-refractivity contribution in [3.05, 3.63) is 47.5 Å². The van der Waals surface area contributed by atoms with Crippen LogP contribution < -0.4 is 10.2 Å². The van der Waals surface area contributed by atoms with Gasteiger partial charge in [-0.05, 0) is 31.0 Å². The Morgan fingerprint density at radius 2 is 2.36 bits per heavy atom. The molecule has 0 saturated carbocycles. The van der Waals surface area contributed by atoms with Crippen molar-refractivity contribution >= 4 is 29.1 Å². The zero-order chi connectivity index (χ0) is 15.5. The standard InChI is InChI=1S/C15H15ClN4O2/c16-10-7-13(18-8-10)14(21)19-12-4-2-6-20(15(12)22)11-3-1-5-17-9-11/h1,3,5,7-9,12,18H,2,4,6H2,(H,19,21)/t12-/m1/s1. The summed E-state index contributed by atoms with van der Waals surface area (Å²) in [7, 11) is 0. The molecule has 0 spiro atoms. The lowest BCUT2D eigenvalue weighted by Gasteiger charge is -2.32. The second-order valence-corrected chi connectivity index (χ2v) is 5.54. The number of halogens is 1. The summed E-state index contributed by atoms with van der Waals surface area (Å²) < 4.78 is 0. The van der Waals surface area contributed by atoms with Crippen molar-refractivity contribution in [2.24, 2.45) is 0 Å². The minimum atomic E-state index is -0.538. The summed E-state index contributed by atoms with van der Waals surface area (Å²) in [5.74, 6) is -0.455. The molecule has 1 aliphatic heterocycles. The van der Waals surface area contributed by atoms with Gasteiger partial charge in [0.2, 0.25) is 5.91 Å². The number of anilines is 1. The van der Waals surface area contributed by atoms with Gasteiger partial charge in [0, 0.05) is 18.9 Å². The van der Waals surface area contributed by atoms with Gasteiger partial charge in [-0.3, -0.25) is 14.6 Å². The third-order valence-electron chi connectivity index (χ3n) is 3.59. The summed E-state index contributed by atoms with van der Waals surface area (Å²) in [5, 5.41) is 3.21. The molecule has 2 amide bonds. The van der Waals surface area contributed by atoms with Crippen molar-refractivity contribution in [2.75, 3.05) is 11.4 Å². The van der Waals surface area contributed by atoms with Crippen molar-refractivity contribution in [1.82, 2.24) is 15.3 Å². The van der Waals surface area contributed by atoms with Crippen LogP contribution in [0, 0.1) is 0 Å². The Hall–Kier alpha value is -2.34. The first-order chi connectivity index (χ1) is 10.6. The number of aromatic nitrogens is 2. The van der Waals surface area contributed by atoms with E-state index in [-0.39, 0.29) is 11.8 Å². The number of aromatic amines is 1. The number of carbonyl (C=O) groups excluding carboxylic acids is 2. The SMILES string of the molecule is O=C(N[C@@H]1CCCN(c2cccnc2)C1=O)c1cc(Cl)c[nH]1. The van der Waals surface area contributed by atoms with E-state index in [0.29, 0.717) is 23.7 Å². The Labute approximate surface area is 132 Å². The number of nitrogens with one attached hydrogen (secondary N) is 2. The lowest BCUT2D eigenvalue weighted by molar-refractivity contribution is -0.121. The van der Waals surface area contributed by atoms with Crippen LogP contribution in [0.25, 0.3) is 0 Å². The molecule has 1 fully saturated rings. The second kappa shape index (κ2) is 6.19. The highest BCUT2D eigenvalue weighted by Crippen LogP contribution is 2.20. The first kappa shape index (κ1) is 14.6. The lowest BCUT2D eigenvalue weighted by Crippen LogP contribution is -2.52. The number of hydrogen-bond donors (Lipinski definition) is 2. The molecule has 114 valence electrons. The Morgan fingerprint density at radius 3 is 3.05 bits per heavy atom. The third kappa shape index (κ3) is 2.96. The number of nitrogens with zero attached hydrogens (tertiary/aromatic N) is 2. The fourth-order valence-corrected chi connectivity index (χ4v) is 2.68. The van der Waals surface area contributed by atoms with Crippen LogP contribution in [0.5, 0.6) is 0 Å². The molecule has 1 atom stereocenters. The Morgan fingerprint density at radius 1 is 1.50 bits per heavy atom. The van der Waals surface area contributed by atoms with Gasteiger partial charge in [0.15, 0.2) is 0 Å². The molecule has 6 nitrogen and oxygen atoms in total. The molecule has 7 heteroatoms. The van der Waals surface area contributed by atoms with Gasteiger partial charge >= 0.3 is 0 Å². The van der Waals surface area contributed by atoms with E-state index < -0.39 is 6.04 Å². The van der Waals surface area contributed by atoms with Crippen LogP contribution >= 0.6 is 11.6 Å². The number of H-pyrrole nitrogens is 1. The molecule has 2 aromatic rings. The third-order valence-corrected chi connectivity index (χ3v) is 3.81. The number of carbonyl (C=O) groups is 2. The smallest absolute Gasteiger partial charge is 0.268 e. The van der Waals surface area contributed by atoms with Crippen LogP contribution in [-0.4, -0.2) is 34.4 Å². The molecule has 0 radical (unpaired) electrons. The molecule has 2 aromatic heterocycles. The van der Waals surface area contributed by atoms with Gasteiger partial charge in [-0.25, -0.2) is 0 Å². The van der Waals surface area contributed by atoms with Crippen LogP contribution in [-0.2, 0) is 4.79 Å². The van der Waals surface area contributed by atoms with E-state index in [1.165, 1.54) is 12.3 Å². The maximum Gasteiger partial charge on any atom is 0.268 e. The summed E-state index contributed by atoms with van der Waals surface area (Å²) in [4.78, 5) is 33.1. The second-order valence-electron chi connectivity index (χ2n) is 5.10. The van der Waals surface area contributed by atoms with Gasteiger partial charge in [-0.2, -0.15) is 0 Å². The number of rotatable bonds is 3. The summed E-state index contributed by atoms with van der Waals surface area (Å²) in [5.41, 5.74) is 1.09. The lowest BCUT2D eigenvalue weighted by atomic mass is 10.0. The van der Waals surface area contributed by atoms with Gasteiger partial charge in [-0.15, -0.1) is 0 Å². The predicted octanol–water partition coefficient (Wildman–Crippen LogP) is 1.99. The molecule has 1 saturated heterocycles. The fourth-order valence-electron chi connectivity index (χ4n) is 2.51. The van der Waals surface area contributed by atoms with Crippen LogP contribution in [0.15, 0.2) is 36.8 Å². The summed E-state index contributed by atoms with van der Waals surface area (Å²) >= 11 is 5.79. The van der Waals surface area contributed by atoms with Crippen molar-refractivity contribution in [3.63, 3.8) is 0 Å². The molecule has 1 aliphatic rings. The summed E-state index contributed by atoms with van der Waals surface area (Å²) in [6.07, 6.45) is 6.27. The van der Waals surface area contributed by atoms with Crippen molar-refractivity contribution in [3.8, 4) is 0 Å². The van der Waals surface area contributed by atoms with E-state index in [2.05, 4.69) is 15.3 Å². The number of hydrogen-bond acceptors (Lipinski definition) is 3. The highest BCUT2D eigenvalue weighted by Gasteiger charge is 2.31. The maximum absolute atomic E-state index is 12.5. The predicted molar refractivity (Wildman–Crippen MR) is 82.9 cm³/mol. The Balaban J connectivity index is 1.72. The molecule has 0 aliphatic carbocycles. The van der Waals surface area contributed by atoms with Crippen LogP contribution in [0.1, 0.15) is 23.3 Å². The van der Waals surface area contributed by atoms with E-state index >= 15 is 0 Å². The zero-order valence-electron chi connectivity index (χ0n) is 11.8. The highest BCUT2D eigenvalue weighted by molar-refractivity contribution is 6.31. The molecular formula is C15H15ClN4O2. The average molecular weight is 319 g/mol. The molecule has 2 N–H and O–H groups in total. The van der Waals surface area contributed by atoms with Crippen LogP contribution in [0.4, 0.5) is 5.69 Å². The number of pyridine rings is 1. The monoisotopic (exact) mass is 318 g/mol. The number of amides is 2.